The second kappa shape index (κ2) is 6.32. The predicted octanol–water partition coefficient (Wildman–Crippen LogP) is 4.77. The summed E-state index contributed by atoms with van der Waals surface area (Å²) in [5.41, 5.74) is 2.47. The van der Waals surface area contributed by atoms with Crippen molar-refractivity contribution >= 4 is 11.6 Å². The van der Waals surface area contributed by atoms with Crippen molar-refractivity contribution in [1.82, 2.24) is 19.7 Å². The van der Waals surface area contributed by atoms with Gasteiger partial charge in [-0.25, -0.2) is 14.4 Å². The van der Waals surface area contributed by atoms with Crippen LogP contribution in [0, 0.1) is 11.2 Å². The van der Waals surface area contributed by atoms with Gasteiger partial charge >= 0.3 is 0 Å². The molecule has 0 amide bonds. The van der Waals surface area contributed by atoms with Crippen LogP contribution in [0.5, 0.6) is 0 Å². The van der Waals surface area contributed by atoms with Crippen LogP contribution < -0.4 is 0 Å². The average Bonchev–Trinajstić information content (AvgIpc) is 2.97. The number of halogens is 2. The fourth-order valence-corrected chi connectivity index (χ4v) is 2.95. The van der Waals surface area contributed by atoms with E-state index in [0.29, 0.717) is 5.69 Å². The van der Waals surface area contributed by atoms with Gasteiger partial charge in [0.1, 0.15) is 5.82 Å². The molecule has 0 aliphatic heterocycles. The lowest BCUT2D eigenvalue weighted by molar-refractivity contribution is 0.265. The van der Waals surface area contributed by atoms with Crippen molar-refractivity contribution in [1.29, 1.82) is 0 Å². The zero-order valence-electron chi connectivity index (χ0n) is 13.7. The summed E-state index contributed by atoms with van der Waals surface area (Å²) in [6.45, 7) is 6.39. The average molecular weight is 345 g/mol. The maximum atomic E-state index is 13.3. The van der Waals surface area contributed by atoms with Gasteiger partial charge in [-0.2, -0.15) is 5.10 Å². The van der Waals surface area contributed by atoms with Crippen LogP contribution in [0.3, 0.4) is 0 Å². The number of benzene rings is 1. The molecule has 0 spiro atoms. The van der Waals surface area contributed by atoms with Crippen molar-refractivity contribution in [2.45, 2.75) is 26.8 Å². The van der Waals surface area contributed by atoms with E-state index in [1.165, 1.54) is 12.1 Å². The van der Waals surface area contributed by atoms with E-state index in [0.717, 1.165) is 11.1 Å². The van der Waals surface area contributed by atoms with E-state index in [2.05, 4.69) is 35.8 Å². The van der Waals surface area contributed by atoms with Crippen LogP contribution in [-0.4, -0.2) is 19.7 Å². The number of rotatable bonds is 3. The Morgan fingerprint density at radius 3 is 2.46 bits per heavy atom. The highest BCUT2D eigenvalue weighted by atomic mass is 35.5. The van der Waals surface area contributed by atoms with Gasteiger partial charge < -0.3 is 0 Å². The van der Waals surface area contributed by atoms with Gasteiger partial charge in [0.15, 0.2) is 0 Å². The molecule has 0 N–H and O–H groups in total. The van der Waals surface area contributed by atoms with Crippen molar-refractivity contribution in [3.8, 4) is 11.3 Å². The van der Waals surface area contributed by atoms with Gasteiger partial charge in [0.25, 0.3) is 0 Å². The maximum absolute atomic E-state index is 13.3. The van der Waals surface area contributed by atoms with Crippen LogP contribution in [0.15, 0.2) is 48.9 Å². The second-order valence-electron chi connectivity index (χ2n) is 6.74. The fourth-order valence-electron chi connectivity index (χ4n) is 2.80. The lowest BCUT2D eigenvalue weighted by Crippen LogP contribution is -2.26. The van der Waals surface area contributed by atoms with Gasteiger partial charge in [-0.3, -0.25) is 4.68 Å². The smallest absolute Gasteiger partial charge is 0.222 e. The molecule has 1 atom stereocenters. The zero-order valence-corrected chi connectivity index (χ0v) is 14.5. The minimum Gasteiger partial charge on any atom is -0.264 e. The molecule has 4 nitrogen and oxygen atoms in total. The second-order valence-corrected chi connectivity index (χ2v) is 7.08. The molecule has 0 saturated carbocycles. The monoisotopic (exact) mass is 344 g/mol. The molecular weight excluding hydrogens is 327 g/mol. The van der Waals surface area contributed by atoms with Crippen LogP contribution in [0.25, 0.3) is 11.3 Å². The molecule has 2 aromatic heterocycles. The summed E-state index contributed by atoms with van der Waals surface area (Å²) in [6, 6.07) is 8.30. The molecular formula is C18H18ClFN4. The first-order chi connectivity index (χ1) is 11.3. The molecule has 3 rings (SSSR count). The van der Waals surface area contributed by atoms with Gasteiger partial charge in [-0.15, -0.1) is 0 Å². The topological polar surface area (TPSA) is 43.6 Å². The molecule has 0 aliphatic carbocycles. The van der Waals surface area contributed by atoms with E-state index in [-0.39, 0.29) is 22.6 Å². The molecule has 3 aromatic rings. The number of nitrogens with zero attached hydrogens (tertiary/aromatic N) is 4. The maximum Gasteiger partial charge on any atom is 0.222 e. The predicted molar refractivity (Wildman–Crippen MR) is 92.3 cm³/mol. The third-order valence-electron chi connectivity index (χ3n) is 3.79. The Hall–Kier alpha value is -2.27. The minimum absolute atomic E-state index is 0.0378. The first-order valence-corrected chi connectivity index (χ1v) is 8.01. The van der Waals surface area contributed by atoms with Crippen LogP contribution in [0.4, 0.5) is 4.39 Å². The van der Waals surface area contributed by atoms with Crippen molar-refractivity contribution in [2.24, 2.45) is 5.41 Å². The van der Waals surface area contributed by atoms with Gasteiger partial charge in [0.2, 0.25) is 5.28 Å². The van der Waals surface area contributed by atoms with E-state index < -0.39 is 0 Å². The summed E-state index contributed by atoms with van der Waals surface area (Å²) in [5, 5.41) is 4.71. The molecule has 0 saturated heterocycles. The normalized spacial score (nSPS) is 13.0. The van der Waals surface area contributed by atoms with Crippen molar-refractivity contribution in [3.05, 3.63) is 65.6 Å². The third kappa shape index (κ3) is 3.46. The molecule has 0 fully saturated rings. The molecule has 0 aliphatic rings. The summed E-state index contributed by atoms with van der Waals surface area (Å²) < 4.78 is 15.2. The Bertz CT molecular complexity index is 837. The van der Waals surface area contributed by atoms with Crippen molar-refractivity contribution in [3.63, 3.8) is 0 Å². The lowest BCUT2D eigenvalue weighted by Gasteiger charge is -2.31. The van der Waals surface area contributed by atoms with Crippen LogP contribution in [-0.2, 0) is 0 Å². The summed E-state index contributed by atoms with van der Waals surface area (Å²) >= 11 is 5.86. The fraction of sp³-hybridized carbons (Fsp3) is 0.278. The Morgan fingerprint density at radius 2 is 1.83 bits per heavy atom. The number of aromatic nitrogens is 4. The first-order valence-electron chi connectivity index (χ1n) is 7.63. The van der Waals surface area contributed by atoms with Crippen LogP contribution in [0.2, 0.25) is 5.28 Å². The zero-order chi connectivity index (χ0) is 17.3. The molecule has 24 heavy (non-hydrogen) atoms. The molecule has 0 radical (unpaired) electrons. The highest BCUT2D eigenvalue weighted by molar-refractivity contribution is 6.28. The Balaban J connectivity index is 2.02. The quantitative estimate of drug-likeness (QED) is 0.643. The number of hydrogen-bond donors (Lipinski definition) is 0. The van der Waals surface area contributed by atoms with Gasteiger partial charge in [-0.1, -0.05) is 32.9 Å². The standard InChI is InChI=1S/C18H18ClFN4/c1-18(2,3)16(12-4-6-14(20)7-5-12)24-11-13(10-22-24)15-8-9-21-17(19)23-15/h4-11,16H,1-3H3. The van der Waals surface area contributed by atoms with E-state index in [1.807, 2.05) is 10.9 Å². The molecule has 0 bridgehead atoms. The van der Waals surface area contributed by atoms with E-state index in [9.17, 15) is 4.39 Å². The van der Waals surface area contributed by atoms with Crippen molar-refractivity contribution in [2.75, 3.05) is 0 Å². The molecule has 6 heteroatoms. The van der Waals surface area contributed by atoms with Crippen LogP contribution in [0.1, 0.15) is 32.4 Å². The highest BCUT2D eigenvalue weighted by Gasteiger charge is 2.29. The Kier molecular flexibility index (Phi) is 4.37. The Labute approximate surface area is 145 Å². The molecule has 124 valence electrons. The summed E-state index contributed by atoms with van der Waals surface area (Å²) in [6.07, 6.45) is 5.29. The molecule has 1 unspecified atom stereocenters. The molecule has 1 aromatic carbocycles. The molecule has 2 heterocycles. The lowest BCUT2D eigenvalue weighted by atomic mass is 9.82. The SMILES string of the molecule is CC(C)(C)C(c1ccc(F)cc1)n1cc(-c2ccnc(Cl)n2)cn1. The minimum atomic E-state index is -0.247. The van der Waals surface area contributed by atoms with Crippen molar-refractivity contribution < 1.29 is 4.39 Å². The van der Waals surface area contributed by atoms with Gasteiger partial charge in [0, 0.05) is 18.0 Å². The van der Waals surface area contributed by atoms with E-state index >= 15 is 0 Å². The third-order valence-corrected chi connectivity index (χ3v) is 3.98. The number of hydrogen-bond acceptors (Lipinski definition) is 3. The summed E-state index contributed by atoms with van der Waals surface area (Å²) in [5.74, 6) is -0.247. The van der Waals surface area contributed by atoms with Gasteiger partial charge in [0.05, 0.1) is 17.9 Å². The van der Waals surface area contributed by atoms with E-state index in [4.69, 9.17) is 11.6 Å². The highest BCUT2D eigenvalue weighted by Crippen LogP contribution is 2.36. The first kappa shape index (κ1) is 16.6. The summed E-state index contributed by atoms with van der Waals surface area (Å²) in [4.78, 5) is 8.11. The Morgan fingerprint density at radius 1 is 1.12 bits per heavy atom. The summed E-state index contributed by atoms with van der Waals surface area (Å²) in [7, 11) is 0. The largest absolute Gasteiger partial charge is 0.264 e. The van der Waals surface area contributed by atoms with Gasteiger partial charge in [-0.05, 0) is 40.8 Å². The van der Waals surface area contributed by atoms with E-state index in [1.54, 1.807) is 30.6 Å². The van der Waals surface area contributed by atoms with Crippen LogP contribution >= 0.6 is 11.6 Å².